The molecule has 23 heavy (non-hydrogen) atoms. The van der Waals surface area contributed by atoms with Gasteiger partial charge in [-0.15, -0.1) is 0 Å². The van der Waals surface area contributed by atoms with Crippen molar-refractivity contribution < 1.29 is 19.1 Å². The number of hydrogen-bond acceptors (Lipinski definition) is 4. The zero-order valence-electron chi connectivity index (χ0n) is 13.8. The fourth-order valence-corrected chi connectivity index (χ4v) is 2.49. The molecule has 1 fully saturated rings. The van der Waals surface area contributed by atoms with E-state index >= 15 is 0 Å². The van der Waals surface area contributed by atoms with Gasteiger partial charge in [-0.05, 0) is 30.7 Å². The summed E-state index contributed by atoms with van der Waals surface area (Å²) in [6.07, 6.45) is 1.43. The van der Waals surface area contributed by atoms with Gasteiger partial charge in [-0.1, -0.05) is 6.92 Å². The standard InChI is InChI=1S/C17H24N2O4/c1-3-4-16(20)18-9-11-19(12-10-18)17(21)13-23-15-7-5-14(22-2)6-8-15/h5-8H,3-4,9-13H2,1-2H3. The Labute approximate surface area is 137 Å². The number of piperazine rings is 1. The first-order valence-corrected chi connectivity index (χ1v) is 7.96. The Balaban J connectivity index is 1.75. The molecule has 6 heteroatoms. The topological polar surface area (TPSA) is 59.1 Å². The Hall–Kier alpha value is -2.24. The SMILES string of the molecule is CCCC(=O)N1CCN(C(=O)COc2ccc(OC)cc2)CC1. The second kappa shape index (κ2) is 8.41. The lowest BCUT2D eigenvalue weighted by molar-refractivity contribution is -0.140. The van der Waals surface area contributed by atoms with Crippen molar-refractivity contribution in [3.8, 4) is 11.5 Å². The van der Waals surface area contributed by atoms with Crippen molar-refractivity contribution in [1.29, 1.82) is 0 Å². The first-order valence-electron chi connectivity index (χ1n) is 7.96. The average Bonchev–Trinajstić information content (AvgIpc) is 2.60. The summed E-state index contributed by atoms with van der Waals surface area (Å²) < 4.78 is 10.6. The first-order chi connectivity index (χ1) is 11.1. The molecule has 1 heterocycles. The van der Waals surface area contributed by atoms with Gasteiger partial charge in [-0.25, -0.2) is 0 Å². The quantitative estimate of drug-likeness (QED) is 0.798. The third-order valence-electron chi connectivity index (χ3n) is 3.87. The minimum Gasteiger partial charge on any atom is -0.497 e. The Morgan fingerprint density at radius 1 is 0.957 bits per heavy atom. The van der Waals surface area contributed by atoms with Crippen LogP contribution < -0.4 is 9.47 Å². The lowest BCUT2D eigenvalue weighted by atomic mass is 10.2. The number of carbonyl (C=O) groups is 2. The van der Waals surface area contributed by atoms with E-state index in [1.807, 2.05) is 11.8 Å². The first kappa shape index (κ1) is 17.1. The zero-order valence-corrected chi connectivity index (χ0v) is 13.8. The lowest BCUT2D eigenvalue weighted by Gasteiger charge is -2.34. The molecule has 0 N–H and O–H groups in total. The predicted octanol–water partition coefficient (Wildman–Crippen LogP) is 1.54. The highest BCUT2D eigenvalue weighted by atomic mass is 16.5. The molecule has 126 valence electrons. The van der Waals surface area contributed by atoms with Crippen LogP contribution in [0.2, 0.25) is 0 Å². The van der Waals surface area contributed by atoms with Crippen LogP contribution in [0.1, 0.15) is 19.8 Å². The molecule has 1 aromatic carbocycles. The molecule has 1 aliphatic rings. The van der Waals surface area contributed by atoms with Gasteiger partial charge in [0, 0.05) is 32.6 Å². The average molecular weight is 320 g/mol. The number of hydrogen-bond donors (Lipinski definition) is 0. The van der Waals surface area contributed by atoms with Gasteiger partial charge in [0.1, 0.15) is 11.5 Å². The summed E-state index contributed by atoms with van der Waals surface area (Å²) in [6, 6.07) is 7.12. The van der Waals surface area contributed by atoms with Crippen molar-refractivity contribution in [3.63, 3.8) is 0 Å². The molecule has 0 atom stereocenters. The summed E-state index contributed by atoms with van der Waals surface area (Å²) in [6.45, 7) is 4.35. The van der Waals surface area contributed by atoms with Crippen LogP contribution in [0, 0.1) is 0 Å². The number of rotatable bonds is 6. The second-order valence-electron chi connectivity index (χ2n) is 5.48. The lowest BCUT2D eigenvalue weighted by Crippen LogP contribution is -2.51. The Morgan fingerprint density at radius 3 is 2.00 bits per heavy atom. The second-order valence-corrected chi connectivity index (χ2v) is 5.48. The van der Waals surface area contributed by atoms with Crippen molar-refractivity contribution in [2.45, 2.75) is 19.8 Å². The molecule has 0 bridgehead atoms. The monoisotopic (exact) mass is 320 g/mol. The van der Waals surface area contributed by atoms with Crippen LogP contribution in [-0.4, -0.2) is 61.5 Å². The molecule has 2 rings (SSSR count). The Bertz CT molecular complexity index is 522. The highest BCUT2D eigenvalue weighted by Gasteiger charge is 2.23. The molecular formula is C17H24N2O4. The van der Waals surface area contributed by atoms with Crippen LogP contribution >= 0.6 is 0 Å². The molecule has 0 aliphatic carbocycles. The summed E-state index contributed by atoms with van der Waals surface area (Å²) in [5.74, 6) is 1.50. The minimum absolute atomic E-state index is 0.00916. The number of nitrogens with zero attached hydrogens (tertiary/aromatic N) is 2. The van der Waals surface area contributed by atoms with Crippen molar-refractivity contribution in [2.75, 3.05) is 39.9 Å². The van der Waals surface area contributed by atoms with Gasteiger partial charge in [0.2, 0.25) is 5.91 Å². The van der Waals surface area contributed by atoms with Crippen LogP contribution in [0.4, 0.5) is 0 Å². The number of amides is 2. The zero-order chi connectivity index (χ0) is 16.7. The summed E-state index contributed by atoms with van der Waals surface area (Å²) in [5, 5.41) is 0. The van der Waals surface area contributed by atoms with Gasteiger partial charge < -0.3 is 19.3 Å². The van der Waals surface area contributed by atoms with Crippen molar-refractivity contribution >= 4 is 11.8 Å². The number of carbonyl (C=O) groups excluding carboxylic acids is 2. The van der Waals surface area contributed by atoms with Crippen LogP contribution in [0.3, 0.4) is 0 Å². The maximum atomic E-state index is 12.2. The van der Waals surface area contributed by atoms with E-state index in [-0.39, 0.29) is 18.4 Å². The molecule has 6 nitrogen and oxygen atoms in total. The molecule has 0 saturated carbocycles. The van der Waals surface area contributed by atoms with E-state index in [9.17, 15) is 9.59 Å². The van der Waals surface area contributed by atoms with Gasteiger partial charge >= 0.3 is 0 Å². The van der Waals surface area contributed by atoms with Crippen LogP contribution in [0.15, 0.2) is 24.3 Å². The number of methoxy groups -OCH3 is 1. The summed E-state index contributed by atoms with van der Waals surface area (Å²) in [7, 11) is 1.60. The van der Waals surface area contributed by atoms with Gasteiger partial charge in [-0.2, -0.15) is 0 Å². The van der Waals surface area contributed by atoms with Gasteiger partial charge in [-0.3, -0.25) is 9.59 Å². The molecule has 1 aliphatic heterocycles. The molecule has 1 saturated heterocycles. The maximum Gasteiger partial charge on any atom is 0.260 e. The third-order valence-corrected chi connectivity index (χ3v) is 3.87. The van der Waals surface area contributed by atoms with E-state index in [2.05, 4.69) is 0 Å². The van der Waals surface area contributed by atoms with Crippen LogP contribution in [-0.2, 0) is 9.59 Å². The van der Waals surface area contributed by atoms with E-state index in [1.54, 1.807) is 36.3 Å². The molecule has 1 aromatic rings. The molecule has 0 radical (unpaired) electrons. The van der Waals surface area contributed by atoms with E-state index in [4.69, 9.17) is 9.47 Å². The van der Waals surface area contributed by atoms with Crippen molar-refractivity contribution in [2.24, 2.45) is 0 Å². The van der Waals surface area contributed by atoms with Gasteiger partial charge in [0.15, 0.2) is 6.61 Å². The molecule has 0 unspecified atom stereocenters. The van der Waals surface area contributed by atoms with E-state index in [0.717, 1.165) is 12.2 Å². The fraction of sp³-hybridized carbons (Fsp3) is 0.529. The highest BCUT2D eigenvalue weighted by Crippen LogP contribution is 2.17. The molecule has 0 spiro atoms. The summed E-state index contributed by atoms with van der Waals surface area (Å²) in [5.41, 5.74) is 0. The number of ether oxygens (including phenoxy) is 2. The van der Waals surface area contributed by atoms with Gasteiger partial charge in [0.25, 0.3) is 5.91 Å². The van der Waals surface area contributed by atoms with E-state index in [1.165, 1.54) is 0 Å². The summed E-state index contributed by atoms with van der Waals surface area (Å²) in [4.78, 5) is 27.6. The third kappa shape index (κ3) is 4.87. The van der Waals surface area contributed by atoms with Crippen molar-refractivity contribution in [3.05, 3.63) is 24.3 Å². The molecule has 2 amide bonds. The van der Waals surface area contributed by atoms with Crippen LogP contribution in [0.25, 0.3) is 0 Å². The minimum atomic E-state index is -0.0524. The summed E-state index contributed by atoms with van der Waals surface area (Å²) >= 11 is 0. The molecule has 0 aromatic heterocycles. The number of benzene rings is 1. The predicted molar refractivity (Wildman–Crippen MR) is 86.6 cm³/mol. The normalized spacial score (nSPS) is 14.5. The Kier molecular flexibility index (Phi) is 6.26. The van der Waals surface area contributed by atoms with Crippen LogP contribution in [0.5, 0.6) is 11.5 Å². The van der Waals surface area contributed by atoms with Crippen molar-refractivity contribution in [1.82, 2.24) is 9.80 Å². The molecular weight excluding hydrogens is 296 g/mol. The largest absolute Gasteiger partial charge is 0.497 e. The highest BCUT2D eigenvalue weighted by molar-refractivity contribution is 5.79. The van der Waals surface area contributed by atoms with E-state index in [0.29, 0.717) is 38.3 Å². The smallest absolute Gasteiger partial charge is 0.260 e. The Morgan fingerprint density at radius 2 is 1.48 bits per heavy atom. The fourth-order valence-electron chi connectivity index (χ4n) is 2.49. The van der Waals surface area contributed by atoms with Gasteiger partial charge in [0.05, 0.1) is 7.11 Å². The van der Waals surface area contributed by atoms with E-state index < -0.39 is 0 Å². The maximum absolute atomic E-state index is 12.2.